The highest BCUT2D eigenvalue weighted by Crippen LogP contribution is 2.38. The maximum atomic E-state index is 13.2. The minimum Gasteiger partial charge on any atom is -0.489 e. The van der Waals surface area contributed by atoms with Crippen LogP contribution in [0.4, 0.5) is 5.69 Å². The smallest absolute Gasteiger partial charge is 0.271 e. The van der Waals surface area contributed by atoms with E-state index in [2.05, 4.69) is 4.99 Å². The fraction of sp³-hybridized carbons (Fsp3) is 0.304. The van der Waals surface area contributed by atoms with Crippen molar-refractivity contribution in [3.63, 3.8) is 0 Å². The van der Waals surface area contributed by atoms with Gasteiger partial charge in [-0.15, -0.1) is 0 Å². The second-order valence-electron chi connectivity index (χ2n) is 7.04. The van der Waals surface area contributed by atoms with Gasteiger partial charge in [-0.1, -0.05) is 42.8 Å². The molecule has 0 saturated carbocycles. The van der Waals surface area contributed by atoms with Gasteiger partial charge in [0.2, 0.25) is 0 Å². The van der Waals surface area contributed by atoms with Crippen molar-refractivity contribution in [1.82, 2.24) is 0 Å². The number of benzene rings is 2. The number of anilines is 1. The predicted octanol–water partition coefficient (Wildman–Crippen LogP) is 4.27. The molecule has 0 aliphatic carbocycles. The Balaban J connectivity index is 1.88. The predicted molar refractivity (Wildman–Crippen MR) is 127 cm³/mol. The molecule has 0 bridgehead atoms. The summed E-state index contributed by atoms with van der Waals surface area (Å²) in [6.07, 6.45) is 1.70. The van der Waals surface area contributed by atoms with E-state index in [1.165, 1.54) is 11.8 Å². The second-order valence-corrected chi connectivity index (χ2v) is 8.46. The molecular weight excluding hydrogens is 436 g/mol. The van der Waals surface area contributed by atoms with Gasteiger partial charge in [-0.2, -0.15) is 0 Å². The number of para-hydroxylation sites is 1. The Hall–Kier alpha value is -2.32. The molecule has 3 rings (SSSR count). The summed E-state index contributed by atoms with van der Waals surface area (Å²) in [6.45, 7) is 4.21. The number of hydrogen-bond donors (Lipinski definition) is 2. The number of thioether (sulfide) groups is 1. The topological polar surface area (TPSA) is 82.4 Å². The van der Waals surface area contributed by atoms with E-state index in [0.717, 1.165) is 23.2 Å². The highest BCUT2D eigenvalue weighted by atomic mass is 35.5. The van der Waals surface area contributed by atoms with Crippen LogP contribution in [0.2, 0.25) is 5.02 Å². The number of hydrogen-bond acceptors (Lipinski definition) is 6. The first-order chi connectivity index (χ1) is 14.9. The summed E-state index contributed by atoms with van der Waals surface area (Å²) in [7, 11) is 0. The molecule has 164 valence electrons. The summed E-state index contributed by atoms with van der Waals surface area (Å²) < 4.78 is 5.42. The van der Waals surface area contributed by atoms with Crippen LogP contribution in [0.25, 0.3) is 6.08 Å². The van der Waals surface area contributed by atoms with Crippen molar-refractivity contribution in [2.24, 2.45) is 4.99 Å². The SMILES string of the molecule is CCCN=C1S/C(=C/c2ccc(OC[C@H](O)CO)c(Cl)c2)C(=O)N1c1ccccc1C. The van der Waals surface area contributed by atoms with Crippen LogP contribution in [0.1, 0.15) is 24.5 Å². The number of carbonyl (C=O) groups excluding carboxylic acids is 1. The van der Waals surface area contributed by atoms with Gasteiger partial charge in [0.15, 0.2) is 5.17 Å². The molecule has 8 heteroatoms. The van der Waals surface area contributed by atoms with Gasteiger partial charge in [0.05, 0.1) is 22.2 Å². The van der Waals surface area contributed by atoms with Gasteiger partial charge in [0.1, 0.15) is 18.5 Å². The molecule has 2 aromatic carbocycles. The van der Waals surface area contributed by atoms with Gasteiger partial charge in [-0.25, -0.2) is 0 Å². The number of aliphatic hydroxyl groups excluding tert-OH is 2. The number of aryl methyl sites for hydroxylation is 1. The van der Waals surface area contributed by atoms with Crippen molar-refractivity contribution in [3.8, 4) is 5.75 Å². The van der Waals surface area contributed by atoms with Crippen LogP contribution in [0.15, 0.2) is 52.4 Å². The van der Waals surface area contributed by atoms with Crippen LogP contribution in [0.5, 0.6) is 5.75 Å². The maximum absolute atomic E-state index is 13.2. The third-order valence-corrected chi connectivity index (χ3v) is 5.83. The lowest BCUT2D eigenvalue weighted by Crippen LogP contribution is -2.29. The van der Waals surface area contributed by atoms with E-state index in [-0.39, 0.29) is 19.1 Å². The Bertz CT molecular complexity index is 1010. The van der Waals surface area contributed by atoms with Gasteiger partial charge in [-0.3, -0.25) is 14.7 Å². The number of nitrogens with zero attached hydrogens (tertiary/aromatic N) is 2. The normalized spacial score (nSPS) is 17.6. The van der Waals surface area contributed by atoms with Gasteiger partial charge >= 0.3 is 0 Å². The number of aliphatic imine (C=N–C) groups is 1. The van der Waals surface area contributed by atoms with E-state index in [9.17, 15) is 9.90 Å². The third kappa shape index (κ3) is 5.68. The largest absolute Gasteiger partial charge is 0.489 e. The van der Waals surface area contributed by atoms with Gasteiger partial charge in [-0.05, 0) is 60.5 Å². The highest BCUT2D eigenvalue weighted by Gasteiger charge is 2.35. The number of amidine groups is 1. The molecule has 1 fully saturated rings. The Morgan fingerprint density at radius 1 is 1.29 bits per heavy atom. The standard InChI is InChI=1S/C23H25ClN2O4S/c1-3-10-25-23-26(19-7-5-4-6-15(19)2)22(29)21(31-23)12-16-8-9-20(18(24)11-16)30-14-17(28)13-27/h4-9,11-12,17,27-28H,3,10,13-14H2,1-2H3/b21-12+,25-23?/t17-/m1/s1. The Morgan fingerprint density at radius 3 is 2.74 bits per heavy atom. The number of carbonyl (C=O) groups is 1. The molecular formula is C23H25ClN2O4S. The molecule has 1 atom stereocenters. The van der Waals surface area contributed by atoms with Crippen molar-refractivity contribution in [3.05, 3.63) is 63.5 Å². The lowest BCUT2D eigenvalue weighted by Gasteiger charge is -2.18. The summed E-state index contributed by atoms with van der Waals surface area (Å²) in [4.78, 5) is 20.1. The second kappa shape index (κ2) is 10.8. The van der Waals surface area contributed by atoms with E-state index in [0.29, 0.717) is 27.4 Å². The Morgan fingerprint density at radius 2 is 2.06 bits per heavy atom. The van der Waals surface area contributed by atoms with Crippen molar-refractivity contribution in [2.75, 3.05) is 24.7 Å². The Kier molecular flexibility index (Phi) is 8.15. The molecule has 2 N–H and O–H groups in total. The van der Waals surface area contributed by atoms with E-state index in [4.69, 9.17) is 21.4 Å². The average molecular weight is 461 g/mol. The van der Waals surface area contributed by atoms with Gasteiger partial charge in [0.25, 0.3) is 5.91 Å². The van der Waals surface area contributed by atoms with Crippen LogP contribution in [0.3, 0.4) is 0 Å². The average Bonchev–Trinajstić information content (AvgIpc) is 3.06. The van der Waals surface area contributed by atoms with E-state index >= 15 is 0 Å². The number of amides is 1. The monoisotopic (exact) mass is 460 g/mol. The van der Waals surface area contributed by atoms with E-state index < -0.39 is 6.10 Å². The van der Waals surface area contributed by atoms with Crippen LogP contribution < -0.4 is 9.64 Å². The fourth-order valence-electron chi connectivity index (χ4n) is 2.93. The zero-order chi connectivity index (χ0) is 22.4. The van der Waals surface area contributed by atoms with Crippen molar-refractivity contribution >= 4 is 46.2 Å². The van der Waals surface area contributed by atoms with Crippen LogP contribution in [-0.4, -0.2) is 47.2 Å². The molecule has 6 nitrogen and oxygen atoms in total. The lowest BCUT2D eigenvalue weighted by molar-refractivity contribution is -0.113. The number of rotatable bonds is 8. The zero-order valence-electron chi connectivity index (χ0n) is 17.4. The first-order valence-electron chi connectivity index (χ1n) is 10.00. The van der Waals surface area contributed by atoms with Gasteiger partial charge in [0, 0.05) is 6.54 Å². The number of ether oxygens (including phenoxy) is 1. The highest BCUT2D eigenvalue weighted by molar-refractivity contribution is 8.19. The van der Waals surface area contributed by atoms with E-state index in [1.807, 2.05) is 38.1 Å². The molecule has 0 radical (unpaired) electrons. The van der Waals surface area contributed by atoms with Crippen molar-refractivity contribution in [2.45, 2.75) is 26.4 Å². The van der Waals surface area contributed by atoms with Gasteiger partial charge < -0.3 is 14.9 Å². The summed E-state index contributed by atoms with van der Waals surface area (Å²) in [6, 6.07) is 12.9. The first-order valence-corrected chi connectivity index (χ1v) is 11.2. The molecule has 1 aliphatic heterocycles. The van der Waals surface area contributed by atoms with Crippen LogP contribution in [0, 0.1) is 6.92 Å². The molecule has 1 amide bonds. The molecule has 31 heavy (non-hydrogen) atoms. The molecule has 1 heterocycles. The minimum absolute atomic E-state index is 0.0619. The fourth-order valence-corrected chi connectivity index (χ4v) is 4.17. The minimum atomic E-state index is -0.973. The van der Waals surface area contributed by atoms with E-state index in [1.54, 1.807) is 29.2 Å². The molecule has 2 aromatic rings. The Labute approximate surface area is 191 Å². The van der Waals surface area contributed by atoms with Crippen molar-refractivity contribution in [1.29, 1.82) is 0 Å². The summed E-state index contributed by atoms with van der Waals surface area (Å²) >= 11 is 7.64. The molecule has 0 unspecified atom stereocenters. The number of halogens is 1. The molecule has 0 aromatic heterocycles. The quantitative estimate of drug-likeness (QED) is 0.575. The zero-order valence-corrected chi connectivity index (χ0v) is 19.0. The summed E-state index contributed by atoms with van der Waals surface area (Å²) in [5.41, 5.74) is 2.57. The first kappa shape index (κ1) is 23.3. The third-order valence-electron chi connectivity index (χ3n) is 4.53. The number of aliphatic hydroxyl groups is 2. The molecule has 1 aliphatic rings. The summed E-state index contributed by atoms with van der Waals surface area (Å²) in [5, 5.41) is 19.3. The van der Waals surface area contributed by atoms with Crippen LogP contribution >= 0.6 is 23.4 Å². The summed E-state index contributed by atoms with van der Waals surface area (Å²) in [5.74, 6) is 0.269. The van der Waals surface area contributed by atoms with Crippen molar-refractivity contribution < 1.29 is 19.7 Å². The maximum Gasteiger partial charge on any atom is 0.271 e. The molecule has 1 saturated heterocycles. The molecule has 0 spiro atoms. The van der Waals surface area contributed by atoms with Crippen LogP contribution in [-0.2, 0) is 4.79 Å². The lowest BCUT2D eigenvalue weighted by atomic mass is 10.1.